The van der Waals surface area contributed by atoms with Gasteiger partial charge in [-0.2, -0.15) is 0 Å². The summed E-state index contributed by atoms with van der Waals surface area (Å²) < 4.78 is 10.5. The van der Waals surface area contributed by atoms with E-state index in [1.165, 1.54) is 0 Å². The second-order valence-corrected chi connectivity index (χ2v) is 3.66. The van der Waals surface area contributed by atoms with Crippen molar-refractivity contribution in [2.75, 3.05) is 11.9 Å². The normalized spacial score (nSPS) is 15.2. The second kappa shape index (κ2) is 4.32. The predicted molar refractivity (Wildman–Crippen MR) is 59.9 cm³/mol. The van der Waals surface area contributed by atoms with E-state index in [0.29, 0.717) is 17.2 Å². The van der Waals surface area contributed by atoms with E-state index < -0.39 is 12.0 Å². The Hall–Kier alpha value is -2.24. The van der Waals surface area contributed by atoms with Crippen LogP contribution in [0.5, 0.6) is 11.5 Å². The number of nitrogens with two attached hydrogens (primary N) is 1. The van der Waals surface area contributed by atoms with Crippen LogP contribution in [0, 0.1) is 0 Å². The van der Waals surface area contributed by atoms with E-state index in [2.05, 4.69) is 5.32 Å². The van der Waals surface area contributed by atoms with Gasteiger partial charge in [0.15, 0.2) is 12.7 Å². The van der Waals surface area contributed by atoms with Crippen LogP contribution in [-0.2, 0) is 9.59 Å². The standard InChI is InChI=1S/C11H12N2O4/c1-6(11(12)15)17-7-2-3-9-8(4-7)13-10(14)5-16-9/h2-4,6H,5H2,1H3,(H2,12,15)(H,13,14). The van der Waals surface area contributed by atoms with Gasteiger partial charge in [0.1, 0.15) is 11.5 Å². The number of benzene rings is 1. The second-order valence-electron chi connectivity index (χ2n) is 3.66. The molecule has 0 radical (unpaired) electrons. The van der Waals surface area contributed by atoms with E-state index >= 15 is 0 Å². The Balaban J connectivity index is 2.18. The molecule has 1 aliphatic rings. The summed E-state index contributed by atoms with van der Waals surface area (Å²) in [6.07, 6.45) is -0.728. The number of carbonyl (C=O) groups excluding carboxylic acids is 2. The number of hydrogen-bond donors (Lipinski definition) is 2. The number of anilines is 1. The third kappa shape index (κ3) is 2.47. The third-order valence-corrected chi connectivity index (χ3v) is 2.30. The van der Waals surface area contributed by atoms with Crippen molar-refractivity contribution in [1.82, 2.24) is 0 Å². The molecule has 2 amide bonds. The zero-order chi connectivity index (χ0) is 12.4. The maximum absolute atomic E-state index is 11.1. The van der Waals surface area contributed by atoms with Crippen LogP contribution < -0.4 is 20.5 Å². The highest BCUT2D eigenvalue weighted by Gasteiger charge is 2.17. The van der Waals surface area contributed by atoms with Gasteiger partial charge in [0.25, 0.3) is 11.8 Å². The van der Waals surface area contributed by atoms with Gasteiger partial charge in [-0.1, -0.05) is 0 Å². The summed E-state index contributed by atoms with van der Waals surface area (Å²) in [7, 11) is 0. The molecule has 1 unspecified atom stereocenters. The van der Waals surface area contributed by atoms with Crippen molar-refractivity contribution in [3.63, 3.8) is 0 Å². The Morgan fingerprint density at radius 1 is 1.59 bits per heavy atom. The molecular weight excluding hydrogens is 224 g/mol. The molecule has 0 saturated heterocycles. The average Bonchev–Trinajstić information content (AvgIpc) is 2.28. The number of amides is 2. The van der Waals surface area contributed by atoms with Gasteiger partial charge >= 0.3 is 0 Å². The molecule has 1 aliphatic heterocycles. The van der Waals surface area contributed by atoms with Crippen molar-refractivity contribution in [1.29, 1.82) is 0 Å². The van der Waals surface area contributed by atoms with Gasteiger partial charge in [-0.05, 0) is 19.1 Å². The summed E-state index contributed by atoms with van der Waals surface area (Å²) in [5.41, 5.74) is 5.61. The van der Waals surface area contributed by atoms with Crippen LogP contribution in [0.4, 0.5) is 5.69 Å². The minimum Gasteiger partial charge on any atom is -0.482 e. The van der Waals surface area contributed by atoms with Crippen LogP contribution in [0.15, 0.2) is 18.2 Å². The van der Waals surface area contributed by atoms with E-state index in [9.17, 15) is 9.59 Å². The molecule has 6 nitrogen and oxygen atoms in total. The van der Waals surface area contributed by atoms with Gasteiger partial charge in [0.05, 0.1) is 5.69 Å². The molecule has 0 bridgehead atoms. The first-order chi connectivity index (χ1) is 8.06. The number of hydrogen-bond acceptors (Lipinski definition) is 4. The minimum absolute atomic E-state index is 0.00485. The molecule has 2 rings (SSSR count). The monoisotopic (exact) mass is 236 g/mol. The van der Waals surface area contributed by atoms with Gasteiger partial charge in [0, 0.05) is 6.07 Å². The number of nitrogens with one attached hydrogen (secondary N) is 1. The van der Waals surface area contributed by atoms with Crippen LogP contribution in [0.2, 0.25) is 0 Å². The van der Waals surface area contributed by atoms with Gasteiger partial charge in [-0.3, -0.25) is 9.59 Å². The number of carbonyl (C=O) groups is 2. The van der Waals surface area contributed by atoms with Crippen molar-refractivity contribution in [3.8, 4) is 11.5 Å². The molecule has 17 heavy (non-hydrogen) atoms. The fourth-order valence-electron chi connectivity index (χ4n) is 1.40. The molecule has 1 aromatic carbocycles. The highest BCUT2D eigenvalue weighted by atomic mass is 16.5. The van der Waals surface area contributed by atoms with Crippen LogP contribution in [0.25, 0.3) is 0 Å². The molecule has 3 N–H and O–H groups in total. The predicted octanol–water partition coefficient (Wildman–Crippen LogP) is 0.270. The quantitative estimate of drug-likeness (QED) is 0.788. The zero-order valence-electron chi connectivity index (χ0n) is 9.23. The Labute approximate surface area is 97.7 Å². The number of ether oxygens (including phenoxy) is 2. The Morgan fingerprint density at radius 3 is 3.06 bits per heavy atom. The summed E-state index contributed by atoms with van der Waals surface area (Å²) >= 11 is 0. The molecule has 1 heterocycles. The minimum atomic E-state index is -0.728. The number of rotatable bonds is 3. The fourth-order valence-corrected chi connectivity index (χ4v) is 1.40. The number of fused-ring (bicyclic) bond motifs is 1. The Morgan fingerprint density at radius 2 is 2.35 bits per heavy atom. The van der Waals surface area contributed by atoms with Crippen molar-refractivity contribution < 1.29 is 19.1 Å². The fraction of sp³-hybridized carbons (Fsp3) is 0.273. The van der Waals surface area contributed by atoms with E-state index in [1.807, 2.05) is 0 Å². The zero-order valence-corrected chi connectivity index (χ0v) is 9.23. The van der Waals surface area contributed by atoms with Gasteiger partial charge in [-0.25, -0.2) is 0 Å². The van der Waals surface area contributed by atoms with Crippen LogP contribution in [0.3, 0.4) is 0 Å². The first kappa shape index (κ1) is 11.3. The molecule has 0 aliphatic carbocycles. The lowest BCUT2D eigenvalue weighted by atomic mass is 10.2. The molecule has 0 saturated carbocycles. The van der Waals surface area contributed by atoms with E-state index in [-0.39, 0.29) is 12.5 Å². The maximum Gasteiger partial charge on any atom is 0.262 e. The van der Waals surface area contributed by atoms with Crippen LogP contribution >= 0.6 is 0 Å². The lowest BCUT2D eigenvalue weighted by Gasteiger charge is -2.19. The SMILES string of the molecule is CC(Oc1ccc2c(c1)NC(=O)CO2)C(N)=O. The van der Waals surface area contributed by atoms with Crippen molar-refractivity contribution in [3.05, 3.63) is 18.2 Å². The lowest BCUT2D eigenvalue weighted by Crippen LogP contribution is -2.30. The van der Waals surface area contributed by atoms with Crippen molar-refractivity contribution >= 4 is 17.5 Å². The summed E-state index contributed by atoms with van der Waals surface area (Å²) in [6.45, 7) is 1.56. The average molecular weight is 236 g/mol. The molecule has 0 spiro atoms. The molecule has 6 heteroatoms. The molecule has 0 aromatic heterocycles. The highest BCUT2D eigenvalue weighted by Crippen LogP contribution is 2.31. The summed E-state index contributed by atoms with van der Waals surface area (Å²) in [6, 6.07) is 4.90. The van der Waals surface area contributed by atoms with Gasteiger partial charge < -0.3 is 20.5 Å². The molecule has 1 aromatic rings. The van der Waals surface area contributed by atoms with E-state index in [0.717, 1.165) is 0 Å². The molecule has 90 valence electrons. The smallest absolute Gasteiger partial charge is 0.262 e. The molecular formula is C11H12N2O4. The van der Waals surface area contributed by atoms with E-state index in [4.69, 9.17) is 15.2 Å². The molecule has 1 atom stereocenters. The highest BCUT2D eigenvalue weighted by molar-refractivity contribution is 5.95. The number of primary amides is 1. The summed E-state index contributed by atoms with van der Waals surface area (Å²) in [4.78, 5) is 22.0. The summed E-state index contributed by atoms with van der Waals surface area (Å²) in [5.74, 6) is 0.241. The first-order valence-corrected chi connectivity index (χ1v) is 5.09. The van der Waals surface area contributed by atoms with Crippen LogP contribution in [-0.4, -0.2) is 24.5 Å². The van der Waals surface area contributed by atoms with Crippen LogP contribution in [0.1, 0.15) is 6.92 Å². The first-order valence-electron chi connectivity index (χ1n) is 5.09. The lowest BCUT2D eigenvalue weighted by molar-refractivity contribution is -0.124. The largest absolute Gasteiger partial charge is 0.482 e. The summed E-state index contributed by atoms with van der Waals surface area (Å²) in [5, 5.41) is 2.64. The van der Waals surface area contributed by atoms with Gasteiger partial charge in [-0.15, -0.1) is 0 Å². The molecule has 0 fully saturated rings. The van der Waals surface area contributed by atoms with Gasteiger partial charge in [0.2, 0.25) is 0 Å². The van der Waals surface area contributed by atoms with E-state index in [1.54, 1.807) is 25.1 Å². The maximum atomic E-state index is 11.1. The van der Waals surface area contributed by atoms with Crippen molar-refractivity contribution in [2.24, 2.45) is 5.73 Å². The Kier molecular flexibility index (Phi) is 2.86. The van der Waals surface area contributed by atoms with Crippen molar-refractivity contribution in [2.45, 2.75) is 13.0 Å². The third-order valence-electron chi connectivity index (χ3n) is 2.30. The topological polar surface area (TPSA) is 90.7 Å². The Bertz CT molecular complexity index is 473.